The number of allylic oxidation sites excluding steroid dienone is 1. The van der Waals surface area contributed by atoms with Crippen molar-refractivity contribution in [2.45, 2.75) is 44.7 Å². The van der Waals surface area contributed by atoms with Crippen molar-refractivity contribution in [2.24, 2.45) is 0 Å². The molecule has 1 aromatic heterocycles. The standard InChI is InChI=1S/C30H29BrN4O3S/c1-3-16-39-30-33-29-32-20(2)26(28(36)38-18-21-8-5-4-6-9-21)27(35(29)34-30)23-12-14-25(15-13-23)37-19-22-10-7-11-24(31)17-22/h4-15,17,27H,3,16,18-19H2,1-2H3,(H,32,33,34). The summed E-state index contributed by atoms with van der Waals surface area (Å²) in [4.78, 5) is 18.2. The highest BCUT2D eigenvalue weighted by Gasteiger charge is 2.35. The molecule has 1 unspecified atom stereocenters. The number of fused-ring (bicyclic) bond motifs is 1. The fraction of sp³-hybridized carbons (Fsp3) is 0.233. The molecule has 9 heteroatoms. The molecule has 0 bridgehead atoms. The molecule has 0 saturated carbocycles. The Morgan fingerprint density at radius 1 is 1.03 bits per heavy atom. The maximum Gasteiger partial charge on any atom is 0.338 e. The molecule has 5 rings (SSSR count). The van der Waals surface area contributed by atoms with E-state index in [1.807, 2.05) is 85.8 Å². The highest BCUT2D eigenvalue weighted by molar-refractivity contribution is 9.10. The molecule has 2 heterocycles. The summed E-state index contributed by atoms with van der Waals surface area (Å²) in [7, 11) is 0. The van der Waals surface area contributed by atoms with Gasteiger partial charge in [-0.05, 0) is 54.3 Å². The van der Waals surface area contributed by atoms with Crippen molar-refractivity contribution in [3.05, 3.63) is 111 Å². The average molecular weight is 606 g/mol. The third-order valence-corrected chi connectivity index (χ3v) is 7.73. The van der Waals surface area contributed by atoms with Gasteiger partial charge in [-0.1, -0.05) is 89.2 Å². The van der Waals surface area contributed by atoms with Crippen LogP contribution in [0.5, 0.6) is 5.75 Å². The van der Waals surface area contributed by atoms with Crippen LogP contribution in [0.3, 0.4) is 0 Å². The Kier molecular flexibility index (Phi) is 8.68. The first kappa shape index (κ1) is 27.0. The van der Waals surface area contributed by atoms with Crippen molar-refractivity contribution in [3.8, 4) is 5.75 Å². The van der Waals surface area contributed by atoms with Gasteiger partial charge in [0.1, 0.15) is 25.0 Å². The number of nitrogens with zero attached hydrogens (tertiary/aromatic N) is 3. The van der Waals surface area contributed by atoms with E-state index in [2.05, 4.69) is 33.2 Å². The molecule has 4 aromatic rings. The summed E-state index contributed by atoms with van der Waals surface area (Å²) < 4.78 is 14.6. The molecule has 3 aromatic carbocycles. The topological polar surface area (TPSA) is 78.3 Å². The summed E-state index contributed by atoms with van der Waals surface area (Å²) in [5.41, 5.74) is 4.07. The number of hydrogen-bond donors (Lipinski definition) is 1. The zero-order chi connectivity index (χ0) is 27.2. The van der Waals surface area contributed by atoms with Gasteiger partial charge in [0, 0.05) is 15.9 Å². The second kappa shape index (κ2) is 12.5. The Morgan fingerprint density at radius 3 is 2.54 bits per heavy atom. The van der Waals surface area contributed by atoms with Crippen molar-refractivity contribution in [1.29, 1.82) is 0 Å². The van der Waals surface area contributed by atoms with E-state index >= 15 is 0 Å². The third-order valence-electron chi connectivity index (χ3n) is 6.19. The number of aromatic nitrogens is 3. The SMILES string of the molecule is CCCSc1nc2n(n1)C(c1ccc(OCc3cccc(Br)c3)cc1)C(C(=O)OCc1ccccc1)=C(C)N2. The van der Waals surface area contributed by atoms with Gasteiger partial charge < -0.3 is 14.8 Å². The first-order chi connectivity index (χ1) is 19.0. The summed E-state index contributed by atoms with van der Waals surface area (Å²) in [5, 5.41) is 8.70. The largest absolute Gasteiger partial charge is 0.489 e. The lowest BCUT2D eigenvalue weighted by molar-refractivity contribution is -0.140. The van der Waals surface area contributed by atoms with Crippen LogP contribution < -0.4 is 10.1 Å². The van der Waals surface area contributed by atoms with Crippen molar-refractivity contribution in [2.75, 3.05) is 11.1 Å². The molecule has 1 atom stereocenters. The van der Waals surface area contributed by atoms with E-state index in [-0.39, 0.29) is 6.61 Å². The molecule has 0 amide bonds. The first-order valence-corrected chi connectivity index (χ1v) is 14.5. The third kappa shape index (κ3) is 6.54. The lowest BCUT2D eigenvalue weighted by Crippen LogP contribution is -2.29. The van der Waals surface area contributed by atoms with Crippen molar-refractivity contribution in [1.82, 2.24) is 14.8 Å². The molecule has 7 nitrogen and oxygen atoms in total. The van der Waals surface area contributed by atoms with E-state index in [1.165, 1.54) is 0 Å². The van der Waals surface area contributed by atoms with Crippen LogP contribution in [0.1, 0.15) is 43.0 Å². The Morgan fingerprint density at radius 2 is 1.79 bits per heavy atom. The van der Waals surface area contributed by atoms with Gasteiger partial charge in [0.25, 0.3) is 0 Å². The van der Waals surface area contributed by atoms with Crippen LogP contribution in [-0.2, 0) is 22.7 Å². The Bertz CT molecular complexity index is 1470. The van der Waals surface area contributed by atoms with Gasteiger partial charge in [-0.2, -0.15) is 4.98 Å². The smallest absolute Gasteiger partial charge is 0.338 e. The molecule has 1 aliphatic heterocycles. The molecule has 0 aliphatic carbocycles. The number of hydrogen-bond acceptors (Lipinski definition) is 7. The number of carbonyl (C=O) groups is 1. The number of benzene rings is 3. The number of esters is 1. The molecule has 0 saturated heterocycles. The average Bonchev–Trinajstić information content (AvgIpc) is 3.36. The zero-order valence-corrected chi connectivity index (χ0v) is 24.2. The van der Waals surface area contributed by atoms with Crippen LogP contribution in [0.2, 0.25) is 0 Å². The molecule has 0 spiro atoms. The lowest BCUT2D eigenvalue weighted by Gasteiger charge is -2.28. The maximum absolute atomic E-state index is 13.5. The van der Waals surface area contributed by atoms with Crippen LogP contribution in [-0.4, -0.2) is 26.5 Å². The van der Waals surface area contributed by atoms with E-state index in [0.29, 0.717) is 29.0 Å². The van der Waals surface area contributed by atoms with Gasteiger partial charge in [-0.15, -0.1) is 5.10 Å². The van der Waals surface area contributed by atoms with Gasteiger partial charge in [-0.25, -0.2) is 9.48 Å². The van der Waals surface area contributed by atoms with E-state index in [9.17, 15) is 4.79 Å². The molecule has 1 N–H and O–H groups in total. The second-order valence-electron chi connectivity index (χ2n) is 9.13. The van der Waals surface area contributed by atoms with Crippen molar-refractivity contribution < 1.29 is 14.3 Å². The van der Waals surface area contributed by atoms with E-state index < -0.39 is 12.0 Å². The van der Waals surface area contributed by atoms with Crippen molar-refractivity contribution in [3.63, 3.8) is 0 Å². The first-order valence-electron chi connectivity index (χ1n) is 12.8. The maximum atomic E-state index is 13.5. The molecule has 0 radical (unpaired) electrons. The summed E-state index contributed by atoms with van der Waals surface area (Å²) in [6, 6.07) is 25.0. The minimum atomic E-state index is -0.493. The van der Waals surface area contributed by atoms with Gasteiger partial charge in [0.15, 0.2) is 0 Å². The number of halogens is 1. The predicted molar refractivity (Wildman–Crippen MR) is 157 cm³/mol. The summed E-state index contributed by atoms with van der Waals surface area (Å²) >= 11 is 5.10. The number of rotatable bonds is 10. The Balaban J connectivity index is 1.41. The van der Waals surface area contributed by atoms with Gasteiger partial charge in [0.2, 0.25) is 11.1 Å². The minimum Gasteiger partial charge on any atom is -0.489 e. The van der Waals surface area contributed by atoms with Crippen LogP contribution >= 0.6 is 27.7 Å². The van der Waals surface area contributed by atoms with Crippen LogP contribution in [0, 0.1) is 0 Å². The van der Waals surface area contributed by atoms with E-state index in [0.717, 1.165) is 39.1 Å². The van der Waals surface area contributed by atoms with Gasteiger partial charge in [0.05, 0.1) is 5.57 Å². The molecule has 0 fully saturated rings. The van der Waals surface area contributed by atoms with Gasteiger partial charge in [-0.3, -0.25) is 0 Å². The number of anilines is 1. The quantitative estimate of drug-likeness (QED) is 0.152. The lowest BCUT2D eigenvalue weighted by atomic mass is 9.95. The monoisotopic (exact) mass is 604 g/mol. The Hall–Kier alpha value is -3.56. The summed E-state index contributed by atoms with van der Waals surface area (Å²) in [5.74, 6) is 1.86. The van der Waals surface area contributed by atoms with Crippen LogP contribution in [0.25, 0.3) is 0 Å². The fourth-order valence-electron chi connectivity index (χ4n) is 4.30. The molecular formula is C30H29BrN4O3S. The number of nitrogens with one attached hydrogen (secondary N) is 1. The summed E-state index contributed by atoms with van der Waals surface area (Å²) in [6.45, 7) is 4.64. The predicted octanol–water partition coefficient (Wildman–Crippen LogP) is 7.15. The highest BCUT2D eigenvalue weighted by atomic mass is 79.9. The number of ether oxygens (including phenoxy) is 2. The minimum absolute atomic E-state index is 0.188. The van der Waals surface area contributed by atoms with Crippen LogP contribution in [0.4, 0.5) is 5.95 Å². The second-order valence-corrected chi connectivity index (χ2v) is 11.1. The van der Waals surface area contributed by atoms with Crippen molar-refractivity contribution >= 4 is 39.6 Å². The van der Waals surface area contributed by atoms with Crippen LogP contribution in [0.15, 0.2) is 99.8 Å². The van der Waals surface area contributed by atoms with E-state index in [1.54, 1.807) is 16.4 Å². The Labute approximate surface area is 240 Å². The normalized spacial score (nSPS) is 14.5. The van der Waals surface area contributed by atoms with E-state index in [4.69, 9.17) is 14.6 Å². The molecule has 1 aliphatic rings. The zero-order valence-electron chi connectivity index (χ0n) is 21.8. The fourth-order valence-corrected chi connectivity index (χ4v) is 5.43. The molecule has 200 valence electrons. The number of carbonyl (C=O) groups excluding carboxylic acids is 1. The highest BCUT2D eigenvalue weighted by Crippen LogP contribution is 2.37. The summed E-state index contributed by atoms with van der Waals surface area (Å²) in [6.07, 6.45) is 1.02. The number of thioether (sulfide) groups is 1. The van der Waals surface area contributed by atoms with Gasteiger partial charge >= 0.3 is 5.97 Å². The molecule has 39 heavy (non-hydrogen) atoms. The molecular weight excluding hydrogens is 576 g/mol.